The third-order valence-electron chi connectivity index (χ3n) is 5.32. The Balaban J connectivity index is 1.71. The Hall–Kier alpha value is -3.55. The van der Waals surface area contributed by atoms with E-state index in [1.54, 1.807) is 25.8 Å². The maximum absolute atomic E-state index is 14.3. The van der Waals surface area contributed by atoms with Crippen LogP contribution in [0.1, 0.15) is 35.4 Å². The molecule has 2 N–H and O–H groups in total. The van der Waals surface area contributed by atoms with Gasteiger partial charge < -0.3 is 4.90 Å². The van der Waals surface area contributed by atoms with Gasteiger partial charge in [0.25, 0.3) is 5.56 Å². The minimum Gasteiger partial charge on any atom is -0.339 e. The number of nitrogens with zero attached hydrogens (tertiary/aromatic N) is 3. The third kappa shape index (κ3) is 3.45. The fourth-order valence-corrected chi connectivity index (χ4v) is 3.65. The number of benzene rings is 2. The lowest BCUT2D eigenvalue weighted by Gasteiger charge is -2.21. The predicted molar refractivity (Wildman–Crippen MR) is 112 cm³/mol. The molecule has 6 nitrogen and oxygen atoms in total. The van der Waals surface area contributed by atoms with E-state index in [1.165, 1.54) is 18.2 Å². The molecule has 1 atom stereocenters. The van der Waals surface area contributed by atoms with Crippen molar-refractivity contribution >= 4 is 16.9 Å². The molecular formula is C22H21F2N5O. The molecule has 2 aromatic heterocycles. The standard InChI is InChI=1S/C22H21F2N5O/c1-12(19-15(23)8-6-9-16(19)24)20-13(2)21(30)26-22(25-20)29(3)11-18-14-7-4-5-10-17(14)27-28-18/h4-10,12H,11H2,1-3H3,(H,27,28)(H,25,26,30). The molecule has 0 aliphatic heterocycles. The van der Waals surface area contributed by atoms with Crippen LogP contribution in [0.25, 0.3) is 10.9 Å². The molecule has 0 aliphatic carbocycles. The van der Waals surface area contributed by atoms with Crippen LogP contribution >= 0.6 is 0 Å². The number of aromatic amines is 2. The van der Waals surface area contributed by atoms with E-state index in [9.17, 15) is 13.6 Å². The second kappa shape index (κ2) is 7.70. The number of halogens is 2. The molecule has 4 aromatic rings. The van der Waals surface area contributed by atoms with Crippen molar-refractivity contribution in [3.05, 3.63) is 87.0 Å². The van der Waals surface area contributed by atoms with Crippen molar-refractivity contribution in [1.82, 2.24) is 20.2 Å². The van der Waals surface area contributed by atoms with Crippen LogP contribution in [0.2, 0.25) is 0 Å². The van der Waals surface area contributed by atoms with Crippen molar-refractivity contribution in [2.75, 3.05) is 11.9 Å². The summed E-state index contributed by atoms with van der Waals surface area (Å²) >= 11 is 0. The predicted octanol–water partition coefficient (Wildman–Crippen LogP) is 4.02. The van der Waals surface area contributed by atoms with Gasteiger partial charge in [-0.2, -0.15) is 5.10 Å². The maximum atomic E-state index is 14.3. The smallest absolute Gasteiger partial charge is 0.255 e. The Bertz CT molecular complexity index is 1260. The monoisotopic (exact) mass is 409 g/mol. The van der Waals surface area contributed by atoms with Crippen LogP contribution in [0.4, 0.5) is 14.7 Å². The van der Waals surface area contributed by atoms with E-state index < -0.39 is 17.6 Å². The first kappa shape index (κ1) is 19.8. The molecule has 0 saturated heterocycles. The summed E-state index contributed by atoms with van der Waals surface area (Å²) in [6.45, 7) is 3.65. The Morgan fingerprint density at radius 2 is 1.80 bits per heavy atom. The number of rotatable bonds is 5. The van der Waals surface area contributed by atoms with Crippen LogP contribution in [0.5, 0.6) is 0 Å². The summed E-state index contributed by atoms with van der Waals surface area (Å²) in [6, 6.07) is 11.4. The molecule has 2 heterocycles. The Kier molecular flexibility index (Phi) is 5.07. The van der Waals surface area contributed by atoms with E-state index >= 15 is 0 Å². The highest BCUT2D eigenvalue weighted by molar-refractivity contribution is 5.81. The van der Waals surface area contributed by atoms with Gasteiger partial charge in [0.2, 0.25) is 5.95 Å². The van der Waals surface area contributed by atoms with Crippen molar-refractivity contribution in [2.45, 2.75) is 26.3 Å². The molecule has 30 heavy (non-hydrogen) atoms. The molecule has 0 saturated carbocycles. The highest BCUT2D eigenvalue weighted by atomic mass is 19.1. The molecule has 2 aromatic carbocycles. The number of hydrogen-bond acceptors (Lipinski definition) is 4. The van der Waals surface area contributed by atoms with E-state index in [2.05, 4.69) is 20.2 Å². The molecular weight excluding hydrogens is 388 g/mol. The first-order valence-electron chi connectivity index (χ1n) is 9.54. The Morgan fingerprint density at radius 1 is 1.10 bits per heavy atom. The molecule has 0 bridgehead atoms. The molecule has 154 valence electrons. The van der Waals surface area contributed by atoms with E-state index in [0.29, 0.717) is 23.8 Å². The van der Waals surface area contributed by atoms with Gasteiger partial charge in [0, 0.05) is 29.5 Å². The van der Waals surface area contributed by atoms with E-state index in [-0.39, 0.29) is 11.1 Å². The van der Waals surface area contributed by atoms with Gasteiger partial charge in [0.15, 0.2) is 0 Å². The van der Waals surface area contributed by atoms with Crippen LogP contribution < -0.4 is 10.5 Å². The summed E-state index contributed by atoms with van der Waals surface area (Å²) in [7, 11) is 1.78. The van der Waals surface area contributed by atoms with Gasteiger partial charge in [0.05, 0.1) is 23.4 Å². The number of hydrogen-bond donors (Lipinski definition) is 2. The molecule has 0 spiro atoms. The maximum Gasteiger partial charge on any atom is 0.255 e. The number of fused-ring (bicyclic) bond motifs is 1. The molecule has 0 amide bonds. The average Bonchev–Trinajstić information content (AvgIpc) is 3.12. The van der Waals surface area contributed by atoms with Gasteiger partial charge in [-0.1, -0.05) is 31.2 Å². The second-order valence-corrected chi connectivity index (χ2v) is 7.33. The van der Waals surface area contributed by atoms with Gasteiger partial charge >= 0.3 is 0 Å². The lowest BCUT2D eigenvalue weighted by Crippen LogP contribution is -2.26. The number of para-hydroxylation sites is 1. The topological polar surface area (TPSA) is 77.7 Å². The molecule has 0 fully saturated rings. The van der Waals surface area contributed by atoms with Crippen molar-refractivity contribution in [2.24, 2.45) is 0 Å². The third-order valence-corrected chi connectivity index (χ3v) is 5.32. The molecule has 0 radical (unpaired) electrons. The zero-order valence-corrected chi connectivity index (χ0v) is 16.8. The Labute approximate surface area is 171 Å². The highest BCUT2D eigenvalue weighted by Gasteiger charge is 2.23. The summed E-state index contributed by atoms with van der Waals surface area (Å²) in [5.41, 5.74) is 1.92. The molecule has 1 unspecified atom stereocenters. The lowest BCUT2D eigenvalue weighted by molar-refractivity contribution is 0.544. The number of H-pyrrole nitrogens is 2. The number of anilines is 1. The minimum atomic E-state index is -0.728. The number of nitrogens with one attached hydrogen (secondary N) is 2. The zero-order valence-electron chi connectivity index (χ0n) is 16.8. The van der Waals surface area contributed by atoms with Crippen LogP contribution in [-0.2, 0) is 6.54 Å². The van der Waals surface area contributed by atoms with Crippen molar-refractivity contribution in [3.63, 3.8) is 0 Å². The van der Waals surface area contributed by atoms with Gasteiger partial charge in [0.1, 0.15) is 11.6 Å². The average molecular weight is 409 g/mol. The van der Waals surface area contributed by atoms with Crippen LogP contribution in [0.15, 0.2) is 47.3 Å². The lowest BCUT2D eigenvalue weighted by atomic mass is 9.94. The molecule has 0 aliphatic rings. The fourth-order valence-electron chi connectivity index (χ4n) is 3.65. The summed E-state index contributed by atoms with van der Waals surface area (Å²) in [4.78, 5) is 21.6. The van der Waals surface area contributed by atoms with Crippen LogP contribution in [0, 0.1) is 18.6 Å². The molecule has 8 heteroatoms. The van der Waals surface area contributed by atoms with Crippen molar-refractivity contribution in [3.8, 4) is 0 Å². The highest BCUT2D eigenvalue weighted by Crippen LogP contribution is 2.29. The largest absolute Gasteiger partial charge is 0.339 e. The summed E-state index contributed by atoms with van der Waals surface area (Å²) < 4.78 is 28.6. The molecule has 4 rings (SSSR count). The fraction of sp³-hybridized carbons (Fsp3) is 0.227. The quantitative estimate of drug-likeness (QED) is 0.522. The first-order chi connectivity index (χ1) is 14.4. The van der Waals surface area contributed by atoms with Gasteiger partial charge in [-0.05, 0) is 25.1 Å². The summed E-state index contributed by atoms with van der Waals surface area (Å²) in [5, 5.41) is 8.26. The van der Waals surface area contributed by atoms with E-state index in [1.807, 2.05) is 24.3 Å². The minimum absolute atomic E-state index is 0.105. The normalized spacial score (nSPS) is 12.3. The van der Waals surface area contributed by atoms with Crippen LogP contribution in [0.3, 0.4) is 0 Å². The number of aromatic nitrogens is 4. The second-order valence-electron chi connectivity index (χ2n) is 7.33. The van der Waals surface area contributed by atoms with Crippen molar-refractivity contribution < 1.29 is 8.78 Å². The Morgan fingerprint density at radius 3 is 2.53 bits per heavy atom. The van der Waals surface area contributed by atoms with E-state index in [4.69, 9.17) is 0 Å². The van der Waals surface area contributed by atoms with Gasteiger partial charge in [-0.3, -0.25) is 14.9 Å². The van der Waals surface area contributed by atoms with Gasteiger partial charge in [-0.15, -0.1) is 0 Å². The summed E-state index contributed by atoms with van der Waals surface area (Å²) in [6.07, 6.45) is 0. The SMILES string of the molecule is Cc1c(C(C)c2c(F)cccc2F)nc(N(C)Cc2[nH]nc3ccccc23)[nH]c1=O. The van der Waals surface area contributed by atoms with Crippen molar-refractivity contribution in [1.29, 1.82) is 0 Å². The van der Waals surface area contributed by atoms with E-state index in [0.717, 1.165) is 16.6 Å². The first-order valence-corrected chi connectivity index (χ1v) is 9.54. The zero-order chi connectivity index (χ0) is 21.4. The summed E-state index contributed by atoms with van der Waals surface area (Å²) in [5.74, 6) is -1.75. The van der Waals surface area contributed by atoms with Crippen LogP contribution in [-0.4, -0.2) is 27.2 Å². The van der Waals surface area contributed by atoms with Gasteiger partial charge in [-0.25, -0.2) is 13.8 Å².